The molecule has 0 bridgehead atoms. The third kappa shape index (κ3) is 8.82. The zero-order valence-electron chi connectivity index (χ0n) is 14.4. The maximum absolute atomic E-state index is 9.76. The van der Waals surface area contributed by atoms with Gasteiger partial charge in [0, 0.05) is 6.61 Å². The van der Waals surface area contributed by atoms with Crippen molar-refractivity contribution in [1.29, 1.82) is 0 Å². The molecule has 1 heterocycles. The Bertz CT molecular complexity index is 308. The lowest BCUT2D eigenvalue weighted by Crippen LogP contribution is -2.54. The standard InChI is InChI=1S/C18H34O5/c1-2-3-4-5-6-7-8-9-10-11-12-22-14-16-18(21)17(20)15(19)13-23-16/h4-5,15-21H,2-3,6-14H2,1H3/b5-4+/t15-,16+,17+,18+/m0/s1. The molecule has 0 unspecified atom stereocenters. The Balaban J connectivity index is 1.90. The van der Waals surface area contributed by atoms with Crippen LogP contribution in [0, 0.1) is 0 Å². The fraction of sp³-hybridized carbons (Fsp3) is 0.889. The summed E-state index contributed by atoms with van der Waals surface area (Å²) < 4.78 is 10.8. The molecule has 1 aliphatic heterocycles. The van der Waals surface area contributed by atoms with E-state index in [4.69, 9.17) is 9.47 Å². The van der Waals surface area contributed by atoms with Crippen LogP contribution in [0.25, 0.3) is 0 Å². The summed E-state index contributed by atoms with van der Waals surface area (Å²) >= 11 is 0. The van der Waals surface area contributed by atoms with E-state index in [1.165, 1.54) is 38.5 Å². The molecule has 5 heteroatoms. The van der Waals surface area contributed by atoms with Crippen LogP contribution in [0.3, 0.4) is 0 Å². The highest BCUT2D eigenvalue weighted by Crippen LogP contribution is 2.16. The summed E-state index contributed by atoms with van der Waals surface area (Å²) in [6.07, 6.45) is 10.2. The molecule has 0 aromatic rings. The molecule has 136 valence electrons. The number of unbranched alkanes of at least 4 members (excludes halogenated alkanes) is 6. The molecular formula is C18H34O5. The normalized spacial score (nSPS) is 28.5. The van der Waals surface area contributed by atoms with E-state index < -0.39 is 24.4 Å². The van der Waals surface area contributed by atoms with Gasteiger partial charge in [0.15, 0.2) is 0 Å². The van der Waals surface area contributed by atoms with Crippen molar-refractivity contribution in [1.82, 2.24) is 0 Å². The first kappa shape index (κ1) is 20.6. The van der Waals surface area contributed by atoms with Crippen molar-refractivity contribution in [3.63, 3.8) is 0 Å². The average molecular weight is 330 g/mol. The Labute approximate surface area is 140 Å². The number of hydrogen-bond acceptors (Lipinski definition) is 5. The second-order valence-electron chi connectivity index (χ2n) is 6.31. The van der Waals surface area contributed by atoms with Crippen LogP contribution in [-0.4, -0.2) is 59.6 Å². The molecule has 5 nitrogen and oxygen atoms in total. The van der Waals surface area contributed by atoms with Gasteiger partial charge in [0.1, 0.15) is 24.4 Å². The smallest absolute Gasteiger partial charge is 0.111 e. The molecule has 1 fully saturated rings. The SMILES string of the molecule is CCC/C=C/CCCCCCCOC[C@H]1OC[C@H](O)[C@@H](O)[C@@H]1O. The molecule has 0 aliphatic carbocycles. The summed E-state index contributed by atoms with van der Waals surface area (Å²) in [4.78, 5) is 0. The lowest BCUT2D eigenvalue weighted by molar-refractivity contribution is -0.199. The summed E-state index contributed by atoms with van der Waals surface area (Å²) in [6, 6.07) is 0. The molecule has 1 aliphatic rings. The van der Waals surface area contributed by atoms with E-state index in [1.54, 1.807) is 0 Å². The van der Waals surface area contributed by atoms with Crippen LogP contribution in [0.2, 0.25) is 0 Å². The summed E-state index contributed by atoms with van der Waals surface area (Å²) in [6.45, 7) is 3.13. The van der Waals surface area contributed by atoms with E-state index in [-0.39, 0.29) is 13.2 Å². The van der Waals surface area contributed by atoms with Gasteiger partial charge in [0.05, 0.1) is 13.2 Å². The number of ether oxygens (including phenoxy) is 2. The minimum Gasteiger partial charge on any atom is -0.388 e. The largest absolute Gasteiger partial charge is 0.388 e. The Morgan fingerprint density at radius 1 is 0.957 bits per heavy atom. The summed E-state index contributed by atoms with van der Waals surface area (Å²) in [5, 5.41) is 28.7. The van der Waals surface area contributed by atoms with Crippen molar-refractivity contribution in [2.75, 3.05) is 19.8 Å². The lowest BCUT2D eigenvalue weighted by atomic mass is 10.0. The monoisotopic (exact) mass is 330 g/mol. The van der Waals surface area contributed by atoms with Gasteiger partial charge in [-0.05, 0) is 25.7 Å². The first-order valence-corrected chi connectivity index (χ1v) is 9.05. The lowest BCUT2D eigenvalue weighted by Gasteiger charge is -2.35. The van der Waals surface area contributed by atoms with Crippen molar-refractivity contribution >= 4 is 0 Å². The molecule has 1 rings (SSSR count). The minimum atomic E-state index is -1.15. The topological polar surface area (TPSA) is 79.2 Å². The molecule has 0 radical (unpaired) electrons. The van der Waals surface area contributed by atoms with E-state index in [1.807, 2.05) is 0 Å². The number of allylic oxidation sites excluding steroid dienone is 2. The predicted octanol–water partition coefficient (Wildman–Crippen LogP) is 2.18. The van der Waals surface area contributed by atoms with Crippen LogP contribution < -0.4 is 0 Å². The Morgan fingerprint density at radius 3 is 2.43 bits per heavy atom. The van der Waals surface area contributed by atoms with Crippen molar-refractivity contribution in [2.24, 2.45) is 0 Å². The van der Waals surface area contributed by atoms with E-state index in [2.05, 4.69) is 19.1 Å². The first-order chi connectivity index (χ1) is 11.2. The molecular weight excluding hydrogens is 296 g/mol. The Hall–Kier alpha value is -0.460. The van der Waals surface area contributed by atoms with Crippen LogP contribution in [0.4, 0.5) is 0 Å². The van der Waals surface area contributed by atoms with Crippen LogP contribution in [0.5, 0.6) is 0 Å². The number of aliphatic hydroxyl groups is 3. The zero-order valence-corrected chi connectivity index (χ0v) is 14.4. The molecule has 0 amide bonds. The van der Waals surface area contributed by atoms with E-state index in [0.717, 1.165) is 12.8 Å². The maximum Gasteiger partial charge on any atom is 0.111 e. The van der Waals surface area contributed by atoms with Crippen LogP contribution in [0.15, 0.2) is 12.2 Å². The zero-order chi connectivity index (χ0) is 16.9. The van der Waals surface area contributed by atoms with Crippen molar-refractivity contribution in [3.8, 4) is 0 Å². The van der Waals surface area contributed by atoms with Gasteiger partial charge in [-0.25, -0.2) is 0 Å². The number of aliphatic hydroxyl groups excluding tert-OH is 3. The molecule has 4 atom stereocenters. The van der Waals surface area contributed by atoms with E-state index >= 15 is 0 Å². The van der Waals surface area contributed by atoms with Gasteiger partial charge in [-0.2, -0.15) is 0 Å². The van der Waals surface area contributed by atoms with Crippen LogP contribution in [0.1, 0.15) is 58.3 Å². The van der Waals surface area contributed by atoms with Gasteiger partial charge < -0.3 is 24.8 Å². The molecule has 23 heavy (non-hydrogen) atoms. The van der Waals surface area contributed by atoms with Crippen molar-refractivity contribution in [3.05, 3.63) is 12.2 Å². The third-order valence-corrected chi connectivity index (χ3v) is 4.17. The fourth-order valence-corrected chi connectivity index (χ4v) is 2.61. The highest BCUT2D eigenvalue weighted by atomic mass is 16.6. The maximum atomic E-state index is 9.76. The van der Waals surface area contributed by atoms with Gasteiger partial charge >= 0.3 is 0 Å². The fourth-order valence-electron chi connectivity index (χ4n) is 2.61. The molecule has 0 aromatic carbocycles. The third-order valence-electron chi connectivity index (χ3n) is 4.17. The minimum absolute atomic E-state index is 0.0406. The van der Waals surface area contributed by atoms with Gasteiger partial charge in [0.25, 0.3) is 0 Å². The summed E-state index contributed by atoms with van der Waals surface area (Å²) in [5.74, 6) is 0. The van der Waals surface area contributed by atoms with E-state index in [9.17, 15) is 15.3 Å². The molecule has 3 N–H and O–H groups in total. The molecule has 1 saturated heterocycles. The highest BCUT2D eigenvalue weighted by molar-refractivity contribution is 4.86. The molecule has 0 saturated carbocycles. The van der Waals surface area contributed by atoms with Gasteiger partial charge in [0.2, 0.25) is 0 Å². The average Bonchev–Trinajstić information content (AvgIpc) is 2.55. The molecule has 0 aromatic heterocycles. The summed E-state index contributed by atoms with van der Waals surface area (Å²) in [7, 11) is 0. The van der Waals surface area contributed by atoms with Gasteiger partial charge in [-0.15, -0.1) is 0 Å². The second kappa shape index (κ2) is 12.9. The van der Waals surface area contributed by atoms with Crippen LogP contribution in [-0.2, 0) is 9.47 Å². The van der Waals surface area contributed by atoms with Crippen molar-refractivity contribution < 1.29 is 24.8 Å². The second-order valence-corrected chi connectivity index (χ2v) is 6.31. The molecule has 0 spiro atoms. The van der Waals surface area contributed by atoms with Crippen molar-refractivity contribution in [2.45, 2.75) is 82.7 Å². The number of rotatable bonds is 12. The van der Waals surface area contributed by atoms with Crippen LogP contribution >= 0.6 is 0 Å². The Morgan fingerprint density at radius 2 is 1.65 bits per heavy atom. The van der Waals surface area contributed by atoms with Gasteiger partial charge in [-0.3, -0.25) is 0 Å². The Kier molecular flexibility index (Phi) is 11.5. The first-order valence-electron chi connectivity index (χ1n) is 9.05. The van der Waals surface area contributed by atoms with Gasteiger partial charge in [-0.1, -0.05) is 44.8 Å². The summed E-state index contributed by atoms with van der Waals surface area (Å²) in [5.41, 5.74) is 0. The van der Waals surface area contributed by atoms with E-state index in [0.29, 0.717) is 6.61 Å². The number of hydrogen-bond donors (Lipinski definition) is 3. The quantitative estimate of drug-likeness (QED) is 0.377. The predicted molar refractivity (Wildman–Crippen MR) is 90.3 cm³/mol. The highest BCUT2D eigenvalue weighted by Gasteiger charge is 2.37.